The van der Waals surface area contributed by atoms with Crippen LogP contribution in [0.15, 0.2) is 42.5 Å². The number of carbonyl (C=O) groups excluding carboxylic acids is 1. The largest absolute Gasteiger partial charge is 0.365 e. The minimum absolute atomic E-state index is 0.0242. The van der Waals surface area contributed by atoms with Crippen LogP contribution in [0.3, 0.4) is 0 Å². The fraction of sp³-hybridized carbons (Fsp3) is 0.348. The van der Waals surface area contributed by atoms with E-state index in [1.54, 1.807) is 0 Å². The first-order valence-corrected chi connectivity index (χ1v) is 9.30. The zero-order valence-electron chi connectivity index (χ0n) is 16.1. The van der Waals surface area contributed by atoms with Crippen LogP contribution < -0.4 is 4.90 Å². The third kappa shape index (κ3) is 1.76. The second-order valence-electron chi connectivity index (χ2n) is 9.02. The Balaban J connectivity index is 1.87. The van der Waals surface area contributed by atoms with Crippen LogP contribution in [0.2, 0.25) is 0 Å². The maximum atomic E-state index is 13.7. The zero-order valence-corrected chi connectivity index (χ0v) is 16.1. The standard InChI is InChI=1S/C23H24N2O/c1-14-9-10-17-15(11-14)12-19-16-7-6-8-18-20(16)23(5,21(26)25(17)19)13-24(18)22(2,3)4/h6-12H,13H2,1-5H3. The van der Waals surface area contributed by atoms with Crippen LogP contribution in [-0.4, -0.2) is 22.6 Å². The number of carbonyl (C=O) groups is 1. The Bertz CT molecular complexity index is 1100. The van der Waals surface area contributed by atoms with Crippen molar-refractivity contribution in [1.82, 2.24) is 4.57 Å². The SMILES string of the molecule is Cc1ccc2c(c1)cc1n2C(=O)C2(C)CN(C(C)(C)C)c3cccc-1c32. The predicted molar refractivity (Wildman–Crippen MR) is 107 cm³/mol. The summed E-state index contributed by atoms with van der Waals surface area (Å²) < 4.78 is 1.95. The molecule has 132 valence electrons. The van der Waals surface area contributed by atoms with Crippen molar-refractivity contribution in [3.05, 3.63) is 53.6 Å². The molecule has 2 aromatic carbocycles. The van der Waals surface area contributed by atoms with E-state index >= 15 is 0 Å². The van der Waals surface area contributed by atoms with Gasteiger partial charge in [-0.15, -0.1) is 0 Å². The van der Waals surface area contributed by atoms with Crippen molar-refractivity contribution in [1.29, 1.82) is 0 Å². The van der Waals surface area contributed by atoms with Crippen LogP contribution in [0.4, 0.5) is 5.69 Å². The molecular weight excluding hydrogens is 320 g/mol. The molecule has 3 aromatic rings. The van der Waals surface area contributed by atoms with E-state index in [1.165, 1.54) is 22.4 Å². The summed E-state index contributed by atoms with van der Waals surface area (Å²) in [5, 5.41) is 1.14. The van der Waals surface area contributed by atoms with Crippen molar-refractivity contribution in [2.45, 2.75) is 45.6 Å². The maximum absolute atomic E-state index is 13.7. The molecule has 3 heteroatoms. The lowest BCUT2D eigenvalue weighted by Gasteiger charge is -2.36. The normalized spacial score (nSPS) is 21.3. The van der Waals surface area contributed by atoms with Gasteiger partial charge in [-0.3, -0.25) is 9.36 Å². The van der Waals surface area contributed by atoms with Crippen molar-refractivity contribution in [2.24, 2.45) is 0 Å². The molecule has 0 N–H and O–H groups in total. The first kappa shape index (κ1) is 15.7. The Kier molecular flexibility index (Phi) is 2.77. The molecule has 3 nitrogen and oxygen atoms in total. The molecule has 26 heavy (non-hydrogen) atoms. The molecule has 1 aromatic heterocycles. The Morgan fingerprint density at radius 3 is 2.58 bits per heavy atom. The average Bonchev–Trinajstić information content (AvgIpc) is 3.10. The second-order valence-corrected chi connectivity index (χ2v) is 9.02. The van der Waals surface area contributed by atoms with E-state index < -0.39 is 5.41 Å². The Morgan fingerprint density at radius 1 is 1.08 bits per heavy atom. The highest BCUT2D eigenvalue weighted by Crippen LogP contribution is 2.52. The fourth-order valence-corrected chi connectivity index (χ4v) is 4.81. The third-order valence-electron chi connectivity index (χ3n) is 6.08. The number of fused-ring (bicyclic) bond motifs is 4. The van der Waals surface area contributed by atoms with Crippen LogP contribution in [0.5, 0.6) is 0 Å². The van der Waals surface area contributed by atoms with Gasteiger partial charge in [0, 0.05) is 34.3 Å². The molecule has 0 spiro atoms. The van der Waals surface area contributed by atoms with Crippen molar-refractivity contribution in [3.8, 4) is 11.3 Å². The van der Waals surface area contributed by atoms with Gasteiger partial charge in [-0.2, -0.15) is 0 Å². The third-order valence-corrected chi connectivity index (χ3v) is 6.08. The van der Waals surface area contributed by atoms with Gasteiger partial charge in [0.05, 0.1) is 16.6 Å². The lowest BCUT2D eigenvalue weighted by Crippen LogP contribution is -2.48. The van der Waals surface area contributed by atoms with E-state index in [4.69, 9.17) is 0 Å². The highest BCUT2D eigenvalue weighted by atomic mass is 16.2. The van der Waals surface area contributed by atoms with E-state index in [0.717, 1.165) is 23.1 Å². The number of anilines is 1. The topological polar surface area (TPSA) is 25.2 Å². The van der Waals surface area contributed by atoms with Gasteiger partial charge in [0.15, 0.2) is 0 Å². The molecule has 0 radical (unpaired) electrons. The van der Waals surface area contributed by atoms with Gasteiger partial charge in [0.1, 0.15) is 0 Å². The Hall–Kier alpha value is -2.55. The average molecular weight is 344 g/mol. The molecule has 0 amide bonds. The number of rotatable bonds is 0. The highest BCUT2D eigenvalue weighted by molar-refractivity contribution is 6.09. The predicted octanol–water partition coefficient (Wildman–Crippen LogP) is 5.15. The molecule has 5 rings (SSSR count). The smallest absolute Gasteiger partial charge is 0.243 e. The van der Waals surface area contributed by atoms with Crippen molar-refractivity contribution in [2.75, 3.05) is 11.4 Å². The van der Waals surface area contributed by atoms with Crippen molar-refractivity contribution < 1.29 is 4.79 Å². The molecule has 0 aliphatic carbocycles. The summed E-state index contributed by atoms with van der Waals surface area (Å²) in [5.41, 5.74) is 6.33. The van der Waals surface area contributed by atoms with Gasteiger partial charge in [0.2, 0.25) is 5.91 Å². The minimum atomic E-state index is -0.511. The van der Waals surface area contributed by atoms with E-state index in [-0.39, 0.29) is 11.4 Å². The second kappa shape index (κ2) is 4.59. The molecule has 0 bridgehead atoms. The molecule has 0 saturated carbocycles. The molecule has 0 fully saturated rings. The molecule has 2 aliphatic heterocycles. The van der Waals surface area contributed by atoms with Gasteiger partial charge in [-0.25, -0.2) is 0 Å². The minimum Gasteiger partial charge on any atom is -0.365 e. The monoisotopic (exact) mass is 344 g/mol. The molecule has 1 atom stereocenters. The van der Waals surface area contributed by atoms with Crippen LogP contribution in [0.25, 0.3) is 22.2 Å². The summed E-state index contributed by atoms with van der Waals surface area (Å²) in [5.74, 6) is 0.193. The maximum Gasteiger partial charge on any atom is 0.243 e. The number of nitrogens with zero attached hydrogens (tertiary/aromatic N) is 2. The van der Waals surface area contributed by atoms with E-state index in [1.807, 2.05) is 4.57 Å². The highest BCUT2D eigenvalue weighted by Gasteiger charge is 2.52. The molecular formula is C23H24N2O. The van der Waals surface area contributed by atoms with E-state index in [0.29, 0.717) is 0 Å². The first-order chi connectivity index (χ1) is 12.2. The van der Waals surface area contributed by atoms with Gasteiger partial charge < -0.3 is 4.90 Å². The quantitative estimate of drug-likeness (QED) is 0.564. The van der Waals surface area contributed by atoms with Gasteiger partial charge in [0.25, 0.3) is 0 Å². The Morgan fingerprint density at radius 2 is 1.85 bits per heavy atom. The number of hydrogen-bond donors (Lipinski definition) is 0. The van der Waals surface area contributed by atoms with Gasteiger partial charge in [-0.05, 0) is 58.9 Å². The lowest BCUT2D eigenvalue weighted by atomic mass is 9.77. The number of aromatic nitrogens is 1. The number of benzene rings is 2. The van der Waals surface area contributed by atoms with Gasteiger partial charge in [-0.1, -0.05) is 23.8 Å². The van der Waals surface area contributed by atoms with Crippen LogP contribution >= 0.6 is 0 Å². The van der Waals surface area contributed by atoms with Crippen molar-refractivity contribution >= 4 is 22.5 Å². The molecule has 1 unspecified atom stereocenters. The summed E-state index contributed by atoms with van der Waals surface area (Å²) in [6.45, 7) is 11.6. The molecule has 2 aliphatic rings. The fourth-order valence-electron chi connectivity index (χ4n) is 4.81. The van der Waals surface area contributed by atoms with E-state index in [2.05, 4.69) is 82.0 Å². The first-order valence-electron chi connectivity index (χ1n) is 9.30. The van der Waals surface area contributed by atoms with Gasteiger partial charge >= 0.3 is 0 Å². The molecule has 3 heterocycles. The summed E-state index contributed by atoms with van der Waals surface area (Å²) in [6, 6.07) is 15.0. The van der Waals surface area contributed by atoms with E-state index in [9.17, 15) is 4.79 Å². The summed E-state index contributed by atoms with van der Waals surface area (Å²) >= 11 is 0. The van der Waals surface area contributed by atoms with Crippen LogP contribution in [0.1, 0.15) is 43.6 Å². The zero-order chi connectivity index (χ0) is 18.4. The summed E-state index contributed by atoms with van der Waals surface area (Å²) in [7, 11) is 0. The molecule has 0 saturated heterocycles. The van der Waals surface area contributed by atoms with Crippen LogP contribution in [-0.2, 0) is 5.41 Å². The Labute approximate surface area is 154 Å². The number of hydrogen-bond acceptors (Lipinski definition) is 2. The van der Waals surface area contributed by atoms with Crippen LogP contribution in [0, 0.1) is 6.92 Å². The number of aryl methyl sites for hydroxylation is 1. The lowest BCUT2D eigenvalue weighted by molar-refractivity contribution is 0.0820. The summed E-state index contributed by atoms with van der Waals surface area (Å²) in [6.07, 6.45) is 0. The summed E-state index contributed by atoms with van der Waals surface area (Å²) in [4.78, 5) is 16.1. The van der Waals surface area contributed by atoms with Crippen molar-refractivity contribution in [3.63, 3.8) is 0 Å².